The van der Waals surface area contributed by atoms with Crippen molar-refractivity contribution in [2.24, 2.45) is 0 Å². The minimum atomic E-state index is 1.03. The predicted octanol–water partition coefficient (Wildman–Crippen LogP) is 4.51. The topological polar surface area (TPSA) is 0 Å². The smallest absolute Gasteiger partial charge is 0.0892 e. The van der Waals surface area contributed by atoms with E-state index in [-0.39, 0.29) is 0 Å². The number of hydrogen-bond donors (Lipinski definition) is 0. The summed E-state index contributed by atoms with van der Waals surface area (Å²) < 4.78 is 1.52. The molecule has 0 aromatic heterocycles. The number of hydrogen-bond acceptors (Lipinski definition) is 0. The van der Waals surface area contributed by atoms with Crippen LogP contribution in [0, 0.1) is 0 Å². The molecule has 0 bridgehead atoms. The van der Waals surface area contributed by atoms with Gasteiger partial charge in [0.15, 0.2) is 0 Å². The van der Waals surface area contributed by atoms with E-state index in [2.05, 4.69) is 13.8 Å². The van der Waals surface area contributed by atoms with Gasteiger partial charge < -0.3 is 4.48 Å². The van der Waals surface area contributed by atoms with Crippen LogP contribution in [0.15, 0.2) is 0 Å². The highest BCUT2D eigenvalue weighted by Gasteiger charge is 2.44. The van der Waals surface area contributed by atoms with E-state index in [9.17, 15) is 0 Å². The molecular formula is C16H32N+. The Hall–Kier alpha value is -0.0400. The van der Waals surface area contributed by atoms with E-state index in [0.29, 0.717) is 0 Å². The summed E-state index contributed by atoms with van der Waals surface area (Å²) in [5, 5.41) is 0. The van der Waals surface area contributed by atoms with Crippen molar-refractivity contribution in [3.8, 4) is 0 Å². The molecule has 0 N–H and O–H groups in total. The molecule has 0 spiro atoms. The third-order valence-corrected chi connectivity index (χ3v) is 5.38. The minimum absolute atomic E-state index is 1.03. The van der Waals surface area contributed by atoms with E-state index in [1.807, 2.05) is 0 Å². The molecular weight excluding hydrogens is 206 g/mol. The molecule has 2 aliphatic carbocycles. The third-order valence-electron chi connectivity index (χ3n) is 5.38. The van der Waals surface area contributed by atoms with Crippen molar-refractivity contribution in [2.45, 2.75) is 90.1 Å². The number of nitrogens with zero attached hydrogens (tertiary/aromatic N) is 1. The fourth-order valence-corrected chi connectivity index (χ4v) is 4.81. The zero-order valence-corrected chi connectivity index (χ0v) is 12.1. The molecule has 0 aromatic rings. The first-order chi connectivity index (χ1) is 8.33. The molecule has 2 aliphatic rings. The van der Waals surface area contributed by atoms with Crippen LogP contribution in [0.2, 0.25) is 0 Å². The van der Waals surface area contributed by atoms with E-state index in [1.54, 1.807) is 0 Å². The molecule has 0 saturated heterocycles. The summed E-state index contributed by atoms with van der Waals surface area (Å²) in [6.07, 6.45) is 14.9. The largest absolute Gasteiger partial charge is 0.319 e. The summed E-state index contributed by atoms with van der Waals surface area (Å²) in [5.41, 5.74) is 0. The Labute approximate surface area is 108 Å². The van der Waals surface area contributed by atoms with Crippen LogP contribution in [0.4, 0.5) is 0 Å². The van der Waals surface area contributed by atoms with Gasteiger partial charge in [-0.3, -0.25) is 0 Å². The average Bonchev–Trinajstić information content (AvgIpc) is 3.02. The molecule has 0 heterocycles. The van der Waals surface area contributed by atoms with Crippen LogP contribution in [0.25, 0.3) is 0 Å². The fraction of sp³-hybridized carbons (Fsp3) is 1.00. The van der Waals surface area contributed by atoms with E-state index >= 15 is 0 Å². The lowest BCUT2D eigenvalue weighted by Gasteiger charge is -2.48. The van der Waals surface area contributed by atoms with Gasteiger partial charge in [-0.15, -0.1) is 0 Å². The van der Waals surface area contributed by atoms with Crippen molar-refractivity contribution in [1.29, 1.82) is 0 Å². The number of rotatable bonds is 6. The first kappa shape index (κ1) is 13.4. The van der Waals surface area contributed by atoms with Crippen LogP contribution in [0.5, 0.6) is 0 Å². The van der Waals surface area contributed by atoms with Gasteiger partial charge in [0.1, 0.15) is 0 Å². The molecule has 0 aromatic carbocycles. The lowest BCUT2D eigenvalue weighted by atomic mass is 10.0. The molecule has 1 heteroatoms. The van der Waals surface area contributed by atoms with Gasteiger partial charge in [0, 0.05) is 0 Å². The zero-order chi connectivity index (χ0) is 12.1. The van der Waals surface area contributed by atoms with Crippen molar-refractivity contribution < 1.29 is 4.48 Å². The summed E-state index contributed by atoms with van der Waals surface area (Å²) >= 11 is 0. The maximum absolute atomic E-state index is 2.40. The first-order valence-electron chi connectivity index (χ1n) is 8.20. The maximum atomic E-state index is 2.40. The zero-order valence-electron chi connectivity index (χ0n) is 12.1. The fourth-order valence-electron chi connectivity index (χ4n) is 4.81. The SMILES string of the molecule is CCC[N+](CCC)(C1CCCC1)C1CCCC1. The predicted molar refractivity (Wildman–Crippen MR) is 75.1 cm³/mol. The van der Waals surface area contributed by atoms with E-state index in [4.69, 9.17) is 0 Å². The van der Waals surface area contributed by atoms with Gasteiger partial charge in [-0.2, -0.15) is 0 Å². The molecule has 2 rings (SSSR count). The summed E-state index contributed by atoms with van der Waals surface area (Å²) in [6, 6.07) is 2.05. The van der Waals surface area contributed by atoms with Crippen molar-refractivity contribution in [1.82, 2.24) is 0 Å². The van der Waals surface area contributed by atoms with Crippen LogP contribution in [-0.2, 0) is 0 Å². The summed E-state index contributed by atoms with van der Waals surface area (Å²) in [7, 11) is 0. The van der Waals surface area contributed by atoms with Crippen LogP contribution in [0.1, 0.15) is 78.1 Å². The molecule has 0 unspecified atom stereocenters. The first-order valence-corrected chi connectivity index (χ1v) is 8.20. The normalized spacial score (nSPS) is 23.6. The Morgan fingerprint density at radius 1 is 0.706 bits per heavy atom. The molecule has 0 amide bonds. The summed E-state index contributed by atoms with van der Waals surface area (Å²) in [6.45, 7) is 7.71. The quantitative estimate of drug-likeness (QED) is 0.597. The molecule has 0 aliphatic heterocycles. The van der Waals surface area contributed by atoms with Crippen LogP contribution < -0.4 is 0 Å². The summed E-state index contributed by atoms with van der Waals surface area (Å²) in [4.78, 5) is 0. The lowest BCUT2D eigenvalue weighted by Crippen LogP contribution is -2.60. The van der Waals surface area contributed by atoms with Gasteiger partial charge in [-0.25, -0.2) is 0 Å². The van der Waals surface area contributed by atoms with Gasteiger partial charge in [0.25, 0.3) is 0 Å². The highest BCUT2D eigenvalue weighted by molar-refractivity contribution is 4.76. The van der Waals surface area contributed by atoms with Gasteiger partial charge in [-0.1, -0.05) is 13.8 Å². The molecule has 17 heavy (non-hydrogen) atoms. The van der Waals surface area contributed by atoms with Crippen molar-refractivity contribution in [3.05, 3.63) is 0 Å². The van der Waals surface area contributed by atoms with Crippen LogP contribution in [-0.4, -0.2) is 29.7 Å². The lowest BCUT2D eigenvalue weighted by molar-refractivity contribution is -0.972. The molecule has 2 saturated carbocycles. The van der Waals surface area contributed by atoms with Crippen LogP contribution in [0.3, 0.4) is 0 Å². The highest BCUT2D eigenvalue weighted by Crippen LogP contribution is 2.38. The Bertz CT molecular complexity index is 188. The molecule has 1 nitrogen and oxygen atoms in total. The molecule has 0 atom stereocenters. The van der Waals surface area contributed by atoms with Gasteiger partial charge >= 0.3 is 0 Å². The van der Waals surface area contributed by atoms with E-state index in [1.165, 1.54) is 81.8 Å². The Morgan fingerprint density at radius 3 is 1.35 bits per heavy atom. The van der Waals surface area contributed by atoms with Crippen molar-refractivity contribution in [3.63, 3.8) is 0 Å². The second-order valence-corrected chi connectivity index (χ2v) is 6.43. The summed E-state index contributed by atoms with van der Waals surface area (Å²) in [5.74, 6) is 0. The Kier molecular flexibility index (Phi) is 4.90. The van der Waals surface area contributed by atoms with E-state index < -0.39 is 0 Å². The van der Waals surface area contributed by atoms with Gasteiger partial charge in [-0.05, 0) is 64.2 Å². The van der Waals surface area contributed by atoms with Crippen molar-refractivity contribution in [2.75, 3.05) is 13.1 Å². The van der Waals surface area contributed by atoms with E-state index in [0.717, 1.165) is 12.1 Å². The average molecular weight is 238 g/mol. The Morgan fingerprint density at radius 2 is 1.06 bits per heavy atom. The molecule has 0 radical (unpaired) electrons. The maximum Gasteiger partial charge on any atom is 0.0892 e. The van der Waals surface area contributed by atoms with Gasteiger partial charge in [0.05, 0.1) is 25.2 Å². The monoisotopic (exact) mass is 238 g/mol. The van der Waals surface area contributed by atoms with Crippen LogP contribution >= 0.6 is 0 Å². The highest BCUT2D eigenvalue weighted by atomic mass is 15.4. The number of quaternary nitrogens is 1. The minimum Gasteiger partial charge on any atom is -0.319 e. The molecule has 2 fully saturated rings. The standard InChI is InChI=1S/C16H32N/c1-3-13-17(14-4-2,15-9-5-6-10-15)16-11-7-8-12-16/h15-16H,3-14H2,1-2H3/q+1. The second-order valence-electron chi connectivity index (χ2n) is 6.43. The van der Waals surface area contributed by atoms with Crippen molar-refractivity contribution >= 4 is 0 Å². The third kappa shape index (κ3) is 2.70. The van der Waals surface area contributed by atoms with Gasteiger partial charge in [0.2, 0.25) is 0 Å². The Balaban J connectivity index is 2.16. The molecule has 100 valence electrons. The second kappa shape index (κ2) is 6.22.